The highest BCUT2D eigenvalue weighted by Gasteiger charge is 2.01. The number of carbonyl (C=O) groups excluding carboxylic acids is 1. The second-order valence-electron chi connectivity index (χ2n) is 2.80. The van der Waals surface area contributed by atoms with Gasteiger partial charge in [-0.05, 0) is 31.2 Å². The van der Waals surface area contributed by atoms with Gasteiger partial charge in [0, 0.05) is 10.0 Å². The molecule has 0 amide bonds. The van der Waals surface area contributed by atoms with Gasteiger partial charge in [-0.2, -0.15) is 0 Å². The Morgan fingerprint density at radius 1 is 1.41 bits per heavy atom. The van der Waals surface area contributed by atoms with Crippen LogP contribution < -0.4 is 0 Å². The fourth-order valence-corrected chi connectivity index (χ4v) is 1.22. The Balaban J connectivity index is 0.000000249. The van der Waals surface area contributed by atoms with E-state index in [2.05, 4.69) is 30.9 Å². The molecule has 0 radical (unpaired) electrons. The van der Waals surface area contributed by atoms with Gasteiger partial charge < -0.3 is 9.15 Å². The van der Waals surface area contributed by atoms with Crippen molar-refractivity contribution in [2.45, 2.75) is 6.92 Å². The van der Waals surface area contributed by atoms with E-state index in [9.17, 15) is 4.79 Å². The van der Waals surface area contributed by atoms with Crippen molar-refractivity contribution in [2.24, 2.45) is 0 Å². The van der Waals surface area contributed by atoms with E-state index in [-0.39, 0.29) is 0 Å². The molecule has 2 aromatic rings. The molecule has 17 heavy (non-hydrogen) atoms. The Kier molecular flexibility index (Phi) is 5.95. The summed E-state index contributed by atoms with van der Waals surface area (Å²) in [6.45, 7) is 2.66. The third kappa shape index (κ3) is 4.78. The van der Waals surface area contributed by atoms with Gasteiger partial charge in [0.05, 0.1) is 6.61 Å². The molecule has 0 aliphatic carbocycles. The van der Waals surface area contributed by atoms with Crippen molar-refractivity contribution in [1.29, 1.82) is 0 Å². The van der Waals surface area contributed by atoms with Crippen LogP contribution in [-0.2, 0) is 9.53 Å². The standard InChI is InChI=1S/C8H5BrN2O.C3H6O2/c9-7-3-1-6(2-4-7)8-11-10-5-12-8;1-2-5-3-4/h1-5H;3H,2H2,1H3. The zero-order valence-corrected chi connectivity index (χ0v) is 10.8. The number of hydrogen-bond donors (Lipinski definition) is 0. The molecule has 0 fully saturated rings. The molecule has 90 valence electrons. The lowest BCUT2D eigenvalue weighted by Gasteiger charge is -1.92. The predicted octanol–water partition coefficient (Wildman–Crippen LogP) is 2.68. The minimum absolute atomic E-state index is 0.431. The van der Waals surface area contributed by atoms with Crippen molar-refractivity contribution in [3.8, 4) is 11.5 Å². The van der Waals surface area contributed by atoms with Crippen LogP contribution in [0.5, 0.6) is 0 Å². The molecule has 0 unspecified atom stereocenters. The maximum atomic E-state index is 9.18. The largest absolute Gasteiger partial charge is 0.468 e. The normalized spacial score (nSPS) is 9.06. The number of hydrogen-bond acceptors (Lipinski definition) is 5. The molecule has 0 saturated heterocycles. The highest BCUT2D eigenvalue weighted by molar-refractivity contribution is 9.10. The van der Waals surface area contributed by atoms with Crippen LogP contribution in [0.4, 0.5) is 0 Å². The second-order valence-corrected chi connectivity index (χ2v) is 3.72. The van der Waals surface area contributed by atoms with E-state index >= 15 is 0 Å². The topological polar surface area (TPSA) is 65.2 Å². The lowest BCUT2D eigenvalue weighted by atomic mass is 10.2. The second kappa shape index (κ2) is 7.56. The Morgan fingerprint density at radius 3 is 2.53 bits per heavy atom. The number of aromatic nitrogens is 2. The maximum absolute atomic E-state index is 9.18. The van der Waals surface area contributed by atoms with Crippen LogP contribution in [0.25, 0.3) is 11.5 Å². The molecule has 0 bridgehead atoms. The van der Waals surface area contributed by atoms with Gasteiger partial charge in [0.15, 0.2) is 0 Å². The summed E-state index contributed by atoms with van der Waals surface area (Å²) in [5, 5.41) is 7.38. The van der Waals surface area contributed by atoms with Crippen molar-refractivity contribution in [1.82, 2.24) is 10.2 Å². The summed E-state index contributed by atoms with van der Waals surface area (Å²) in [5.41, 5.74) is 0.927. The lowest BCUT2D eigenvalue weighted by molar-refractivity contribution is -0.128. The zero-order chi connectivity index (χ0) is 12.5. The smallest absolute Gasteiger partial charge is 0.293 e. The van der Waals surface area contributed by atoms with Crippen LogP contribution in [0, 0.1) is 0 Å². The summed E-state index contributed by atoms with van der Waals surface area (Å²) >= 11 is 3.34. The molecule has 0 saturated carbocycles. The Morgan fingerprint density at radius 2 is 2.12 bits per heavy atom. The third-order valence-electron chi connectivity index (χ3n) is 1.69. The van der Waals surface area contributed by atoms with Crippen LogP contribution in [0.1, 0.15) is 6.92 Å². The van der Waals surface area contributed by atoms with Gasteiger partial charge in [-0.15, -0.1) is 10.2 Å². The first-order valence-electron chi connectivity index (χ1n) is 4.85. The minimum atomic E-state index is 0.431. The Hall–Kier alpha value is -1.69. The lowest BCUT2D eigenvalue weighted by Crippen LogP contribution is -1.80. The first kappa shape index (κ1) is 13.4. The van der Waals surface area contributed by atoms with Gasteiger partial charge >= 0.3 is 0 Å². The first-order valence-corrected chi connectivity index (χ1v) is 5.64. The molecule has 0 spiro atoms. The highest BCUT2D eigenvalue weighted by atomic mass is 79.9. The van der Waals surface area contributed by atoms with E-state index in [4.69, 9.17) is 4.42 Å². The van der Waals surface area contributed by atoms with Crippen molar-refractivity contribution >= 4 is 22.4 Å². The van der Waals surface area contributed by atoms with Gasteiger partial charge in [0.25, 0.3) is 6.47 Å². The monoisotopic (exact) mass is 298 g/mol. The number of rotatable bonds is 3. The molecule has 0 aliphatic heterocycles. The number of halogens is 1. The number of benzene rings is 1. The van der Waals surface area contributed by atoms with E-state index in [1.807, 2.05) is 24.3 Å². The molecular weight excluding hydrogens is 288 g/mol. The van der Waals surface area contributed by atoms with Crippen LogP contribution >= 0.6 is 15.9 Å². The number of carbonyl (C=O) groups is 1. The van der Waals surface area contributed by atoms with E-state index in [0.717, 1.165) is 10.0 Å². The van der Waals surface area contributed by atoms with E-state index in [1.54, 1.807) is 6.92 Å². The molecule has 5 nitrogen and oxygen atoms in total. The van der Waals surface area contributed by atoms with Gasteiger partial charge in [0.2, 0.25) is 12.3 Å². The molecule has 6 heteroatoms. The molecular formula is C11H11BrN2O3. The quantitative estimate of drug-likeness (QED) is 0.815. The summed E-state index contributed by atoms with van der Waals surface area (Å²) in [7, 11) is 0. The van der Waals surface area contributed by atoms with Crippen LogP contribution in [0.3, 0.4) is 0 Å². The van der Waals surface area contributed by atoms with Crippen LogP contribution in [-0.4, -0.2) is 23.3 Å². The van der Waals surface area contributed by atoms with Gasteiger partial charge in [-0.1, -0.05) is 15.9 Å². The van der Waals surface area contributed by atoms with Crippen molar-refractivity contribution in [3.63, 3.8) is 0 Å². The predicted molar refractivity (Wildman–Crippen MR) is 65.1 cm³/mol. The fourth-order valence-electron chi connectivity index (χ4n) is 0.959. The van der Waals surface area contributed by atoms with Gasteiger partial charge in [0.1, 0.15) is 0 Å². The fraction of sp³-hybridized carbons (Fsp3) is 0.182. The van der Waals surface area contributed by atoms with Crippen molar-refractivity contribution in [2.75, 3.05) is 6.61 Å². The maximum Gasteiger partial charge on any atom is 0.293 e. The Bertz CT molecular complexity index is 428. The average Bonchev–Trinajstić information content (AvgIpc) is 2.85. The molecule has 0 aliphatic rings. The number of ether oxygens (including phenoxy) is 1. The van der Waals surface area contributed by atoms with Crippen LogP contribution in [0.15, 0.2) is 39.5 Å². The third-order valence-corrected chi connectivity index (χ3v) is 2.21. The van der Waals surface area contributed by atoms with Crippen molar-refractivity contribution < 1.29 is 13.9 Å². The average molecular weight is 299 g/mol. The summed E-state index contributed by atoms with van der Waals surface area (Å²) in [4.78, 5) is 9.18. The summed E-state index contributed by atoms with van der Waals surface area (Å²) in [6.07, 6.45) is 1.32. The van der Waals surface area contributed by atoms with Gasteiger partial charge in [-0.25, -0.2) is 0 Å². The van der Waals surface area contributed by atoms with Gasteiger partial charge in [-0.3, -0.25) is 4.79 Å². The molecule has 0 atom stereocenters. The highest BCUT2D eigenvalue weighted by Crippen LogP contribution is 2.18. The SMILES string of the molecule is Brc1ccc(-c2nnco2)cc1.CCOC=O. The molecule has 2 rings (SSSR count). The minimum Gasteiger partial charge on any atom is -0.468 e. The van der Waals surface area contributed by atoms with Crippen LogP contribution in [0.2, 0.25) is 0 Å². The van der Waals surface area contributed by atoms with E-state index in [0.29, 0.717) is 19.0 Å². The first-order chi connectivity index (χ1) is 8.27. The molecule has 0 N–H and O–H groups in total. The summed E-state index contributed by atoms with van der Waals surface area (Å²) in [6, 6.07) is 7.69. The van der Waals surface area contributed by atoms with E-state index < -0.39 is 0 Å². The molecule has 1 heterocycles. The summed E-state index contributed by atoms with van der Waals surface area (Å²) in [5.74, 6) is 0.544. The van der Waals surface area contributed by atoms with Crippen molar-refractivity contribution in [3.05, 3.63) is 35.1 Å². The number of nitrogens with zero attached hydrogens (tertiary/aromatic N) is 2. The molecule has 1 aromatic heterocycles. The Labute approximate surface area is 107 Å². The van der Waals surface area contributed by atoms with E-state index in [1.165, 1.54) is 6.39 Å². The summed E-state index contributed by atoms with van der Waals surface area (Å²) < 4.78 is 10.2. The zero-order valence-electron chi connectivity index (χ0n) is 9.17. The molecule has 1 aromatic carbocycles.